The van der Waals surface area contributed by atoms with Gasteiger partial charge in [-0.05, 0) is 122 Å². The molecule has 11 rings (SSSR count). The van der Waals surface area contributed by atoms with Crippen LogP contribution in [0.25, 0.3) is 106 Å². The largest absolute Gasteiger partial charge is 0.264 e. The van der Waals surface area contributed by atoms with E-state index in [0.29, 0.717) is 11.5 Å². The Morgan fingerprint density at radius 2 is 0.908 bits per heavy atom. The molecule has 0 bridgehead atoms. The second kappa shape index (κ2) is 16.2. The van der Waals surface area contributed by atoms with Crippen LogP contribution in [0, 0.1) is 6.57 Å². The molecule has 0 saturated carbocycles. The molecule has 0 amide bonds. The minimum absolute atomic E-state index is 0.299. The van der Waals surface area contributed by atoms with Gasteiger partial charge in [0, 0.05) is 58.0 Å². The Kier molecular flexibility index (Phi) is 9.79. The van der Waals surface area contributed by atoms with Crippen LogP contribution in [0.3, 0.4) is 0 Å². The summed E-state index contributed by atoms with van der Waals surface area (Å²) in [7, 11) is 0. The van der Waals surface area contributed by atoms with Crippen LogP contribution in [-0.2, 0) is 5.41 Å². The number of benzene rings is 6. The average molecular weight is 833 g/mol. The number of hydrogen-bond acceptors (Lipinski definition) is 5. The van der Waals surface area contributed by atoms with Crippen molar-refractivity contribution in [3.63, 3.8) is 0 Å². The minimum Gasteiger partial charge on any atom is -0.264 e. The number of nitrogens with zero attached hydrogens (tertiary/aromatic N) is 6. The van der Waals surface area contributed by atoms with E-state index >= 15 is 0 Å². The molecule has 0 radical (unpaired) electrons. The van der Waals surface area contributed by atoms with Gasteiger partial charge < -0.3 is 0 Å². The number of pyridine rings is 3. The maximum Gasteiger partial charge on any atom is 0.195 e. The third-order valence-corrected chi connectivity index (χ3v) is 12.5. The van der Waals surface area contributed by atoms with Gasteiger partial charge in [-0.15, -0.1) is 0 Å². The number of aromatic nitrogens is 5. The van der Waals surface area contributed by atoms with Crippen molar-refractivity contribution in [2.24, 2.45) is 0 Å². The summed E-state index contributed by atoms with van der Waals surface area (Å²) in [4.78, 5) is 28.5. The van der Waals surface area contributed by atoms with Gasteiger partial charge in [-0.2, -0.15) is 0 Å². The van der Waals surface area contributed by atoms with E-state index in [2.05, 4.69) is 150 Å². The first-order valence-electron chi connectivity index (χ1n) is 21.6. The van der Waals surface area contributed by atoms with Gasteiger partial charge in [-0.25, -0.2) is 19.8 Å². The molecule has 306 valence electrons. The molecule has 0 N–H and O–H groups in total. The molecule has 0 fully saturated rings. The summed E-state index contributed by atoms with van der Waals surface area (Å²) >= 11 is 0. The van der Waals surface area contributed by atoms with Crippen LogP contribution in [0.1, 0.15) is 25.0 Å². The van der Waals surface area contributed by atoms with Crippen LogP contribution < -0.4 is 0 Å². The standard InChI is InChI=1S/C59H40N6/c1-59(2)50-19-10-20-52(60-3)57(50)49-26-25-42(32-51(49)59)45-29-46(47-33-53(43-17-11-27-61-36-43)63-54(34-47)44-18-12-28-62-37-44)31-48(30-45)56-35-55(64-58(65-56)41-15-8-5-9-16-41)40-23-21-39(22-24-40)38-13-6-4-7-14-38/h4-37H,1-2H3. The van der Waals surface area contributed by atoms with Gasteiger partial charge in [0.1, 0.15) is 0 Å². The Labute approximate surface area is 378 Å². The van der Waals surface area contributed by atoms with Gasteiger partial charge in [0.25, 0.3) is 0 Å². The van der Waals surface area contributed by atoms with Crippen molar-refractivity contribution < 1.29 is 0 Å². The predicted octanol–water partition coefficient (Wildman–Crippen LogP) is 14.9. The van der Waals surface area contributed by atoms with Crippen molar-refractivity contribution >= 4 is 5.69 Å². The first kappa shape index (κ1) is 39.2. The van der Waals surface area contributed by atoms with E-state index in [1.165, 1.54) is 11.1 Å². The Bertz CT molecular complexity index is 3380. The molecule has 4 aromatic heterocycles. The molecule has 6 heteroatoms. The smallest absolute Gasteiger partial charge is 0.195 e. The molecule has 0 spiro atoms. The highest BCUT2D eigenvalue weighted by atomic mass is 14.9. The third kappa shape index (κ3) is 7.35. The van der Waals surface area contributed by atoms with Gasteiger partial charge >= 0.3 is 0 Å². The maximum atomic E-state index is 8.00. The lowest BCUT2D eigenvalue weighted by atomic mass is 9.81. The zero-order valence-electron chi connectivity index (χ0n) is 35.8. The van der Waals surface area contributed by atoms with Crippen LogP contribution in [0.4, 0.5) is 5.69 Å². The van der Waals surface area contributed by atoms with Gasteiger partial charge in [0.2, 0.25) is 0 Å². The molecule has 0 aliphatic heterocycles. The second-order valence-electron chi connectivity index (χ2n) is 16.9. The molecule has 4 heterocycles. The second-order valence-corrected chi connectivity index (χ2v) is 16.9. The zero-order chi connectivity index (χ0) is 43.9. The van der Waals surface area contributed by atoms with E-state index in [4.69, 9.17) is 21.5 Å². The van der Waals surface area contributed by atoms with E-state index < -0.39 is 0 Å². The summed E-state index contributed by atoms with van der Waals surface area (Å²) in [6.07, 6.45) is 7.26. The average Bonchev–Trinajstić information content (AvgIpc) is 3.62. The molecular weight excluding hydrogens is 793 g/mol. The minimum atomic E-state index is -0.299. The zero-order valence-corrected chi connectivity index (χ0v) is 35.8. The number of rotatable bonds is 8. The summed E-state index contributed by atoms with van der Waals surface area (Å²) in [5, 5.41) is 0. The van der Waals surface area contributed by atoms with Gasteiger partial charge in [0.05, 0.1) is 29.3 Å². The molecule has 0 saturated heterocycles. The van der Waals surface area contributed by atoms with E-state index in [9.17, 15) is 0 Å². The third-order valence-electron chi connectivity index (χ3n) is 12.5. The van der Waals surface area contributed by atoms with Gasteiger partial charge in [0.15, 0.2) is 11.5 Å². The normalized spacial score (nSPS) is 12.3. The molecule has 6 nitrogen and oxygen atoms in total. The number of fused-ring (bicyclic) bond motifs is 3. The predicted molar refractivity (Wildman–Crippen MR) is 263 cm³/mol. The van der Waals surface area contributed by atoms with Crippen molar-refractivity contribution in [2.75, 3.05) is 0 Å². The van der Waals surface area contributed by atoms with Crippen LogP contribution in [0.2, 0.25) is 0 Å². The highest BCUT2D eigenvalue weighted by Gasteiger charge is 2.36. The van der Waals surface area contributed by atoms with Crippen LogP contribution >= 0.6 is 0 Å². The summed E-state index contributed by atoms with van der Waals surface area (Å²) in [6, 6.07) is 63.1. The number of hydrogen-bond donors (Lipinski definition) is 0. The molecule has 6 aromatic carbocycles. The summed E-state index contributed by atoms with van der Waals surface area (Å²) in [5.41, 5.74) is 19.3. The van der Waals surface area contributed by atoms with Gasteiger partial charge in [-0.1, -0.05) is 129 Å². The SMILES string of the molecule is [C-]#[N+]c1cccc2c1-c1ccc(-c3cc(-c4cc(-c5cccnc5)nc(-c5cccnc5)c4)cc(-c4cc(-c5ccc(-c6ccccc6)cc5)nc(-c5ccccc5)n4)c3)cc1C2(C)C. The van der Waals surface area contributed by atoms with Crippen LogP contribution in [-0.4, -0.2) is 24.9 Å². The molecular formula is C59H40N6. The molecule has 65 heavy (non-hydrogen) atoms. The van der Waals surface area contributed by atoms with Crippen LogP contribution in [0.15, 0.2) is 207 Å². The molecule has 10 aromatic rings. The van der Waals surface area contributed by atoms with Crippen LogP contribution in [0.5, 0.6) is 0 Å². The van der Waals surface area contributed by atoms with E-state index in [1.54, 1.807) is 12.4 Å². The first-order chi connectivity index (χ1) is 31.9. The fourth-order valence-corrected chi connectivity index (χ4v) is 9.09. The highest BCUT2D eigenvalue weighted by molar-refractivity contribution is 5.92. The van der Waals surface area contributed by atoms with Crippen molar-refractivity contribution in [2.45, 2.75) is 19.3 Å². The first-order valence-corrected chi connectivity index (χ1v) is 21.6. The Balaban J connectivity index is 1.13. The lowest BCUT2D eigenvalue weighted by Gasteiger charge is -2.22. The van der Waals surface area contributed by atoms with E-state index in [1.807, 2.05) is 73.1 Å². The highest BCUT2D eigenvalue weighted by Crippen LogP contribution is 2.53. The summed E-state index contributed by atoms with van der Waals surface area (Å²) in [6.45, 7) is 12.5. The lowest BCUT2D eigenvalue weighted by Crippen LogP contribution is -2.14. The molecule has 0 atom stereocenters. The maximum absolute atomic E-state index is 8.00. The summed E-state index contributed by atoms with van der Waals surface area (Å²) in [5.74, 6) is 0.645. The Morgan fingerprint density at radius 1 is 0.385 bits per heavy atom. The van der Waals surface area contributed by atoms with Crippen molar-refractivity contribution in [3.8, 4) is 101 Å². The fourth-order valence-electron chi connectivity index (χ4n) is 9.09. The topological polar surface area (TPSA) is 68.8 Å². The monoisotopic (exact) mass is 832 g/mol. The van der Waals surface area contributed by atoms with E-state index in [0.717, 1.165) is 95.1 Å². The van der Waals surface area contributed by atoms with E-state index in [-0.39, 0.29) is 5.41 Å². The van der Waals surface area contributed by atoms with Gasteiger partial charge in [-0.3, -0.25) is 9.97 Å². The molecule has 1 aliphatic rings. The quantitative estimate of drug-likeness (QED) is 0.143. The summed E-state index contributed by atoms with van der Waals surface area (Å²) < 4.78 is 0. The Hall–Kier alpha value is -8.66. The molecule has 1 aliphatic carbocycles. The van der Waals surface area contributed by atoms with Crippen molar-refractivity contribution in [1.29, 1.82) is 0 Å². The fraction of sp³-hybridized carbons (Fsp3) is 0.0508. The van der Waals surface area contributed by atoms with Crippen molar-refractivity contribution in [3.05, 3.63) is 229 Å². The molecule has 0 unspecified atom stereocenters. The lowest BCUT2D eigenvalue weighted by molar-refractivity contribution is 0.661. The Morgan fingerprint density at radius 3 is 1.54 bits per heavy atom. The van der Waals surface area contributed by atoms with Crippen molar-refractivity contribution in [1.82, 2.24) is 24.9 Å².